The predicted octanol–water partition coefficient (Wildman–Crippen LogP) is 3.85. The highest BCUT2D eigenvalue weighted by Crippen LogP contribution is 2.39. The number of benzene rings is 2. The van der Waals surface area contributed by atoms with Crippen LogP contribution in [-0.2, 0) is 20.5 Å². The summed E-state index contributed by atoms with van der Waals surface area (Å²) in [6.45, 7) is 1.73. The number of hydrogen-bond donors (Lipinski definition) is 1. The average molecular weight is 411 g/mol. The molecule has 2 aromatic rings. The van der Waals surface area contributed by atoms with E-state index in [1.165, 1.54) is 24.3 Å². The van der Waals surface area contributed by atoms with E-state index < -0.39 is 21.6 Å². The molecule has 0 radical (unpaired) electrons. The van der Waals surface area contributed by atoms with Gasteiger partial charge in [-0.2, -0.15) is 13.5 Å². The Morgan fingerprint density at radius 1 is 1.03 bits per heavy atom. The SMILES string of the molecule is CN(C)c1ccc(C=CC=C2C(=O)N=NC2(C)c2ccc(S(=O)(=O)O)cc2)cc1. The van der Waals surface area contributed by atoms with Gasteiger partial charge in [0.1, 0.15) is 5.54 Å². The summed E-state index contributed by atoms with van der Waals surface area (Å²) in [6, 6.07) is 13.5. The van der Waals surface area contributed by atoms with Crippen molar-refractivity contribution in [1.82, 2.24) is 0 Å². The Labute approximate surface area is 169 Å². The first-order valence-electron chi connectivity index (χ1n) is 8.83. The van der Waals surface area contributed by atoms with E-state index in [0.29, 0.717) is 11.1 Å². The van der Waals surface area contributed by atoms with Crippen molar-refractivity contribution in [2.75, 3.05) is 19.0 Å². The van der Waals surface area contributed by atoms with E-state index in [4.69, 9.17) is 4.55 Å². The van der Waals surface area contributed by atoms with Gasteiger partial charge in [0, 0.05) is 19.8 Å². The zero-order valence-corrected chi connectivity index (χ0v) is 17.1. The Morgan fingerprint density at radius 3 is 2.21 bits per heavy atom. The number of nitrogens with zero attached hydrogens (tertiary/aromatic N) is 3. The summed E-state index contributed by atoms with van der Waals surface area (Å²) < 4.78 is 31.6. The van der Waals surface area contributed by atoms with Crippen molar-refractivity contribution in [3.63, 3.8) is 0 Å². The van der Waals surface area contributed by atoms with Gasteiger partial charge in [-0.25, -0.2) is 0 Å². The van der Waals surface area contributed by atoms with Gasteiger partial charge in [0.05, 0.1) is 10.5 Å². The first-order chi connectivity index (χ1) is 13.6. The molecule has 1 aliphatic rings. The third-order valence-electron chi connectivity index (χ3n) is 4.77. The zero-order chi connectivity index (χ0) is 21.2. The summed E-state index contributed by atoms with van der Waals surface area (Å²) in [4.78, 5) is 14.0. The van der Waals surface area contributed by atoms with Crippen LogP contribution in [0, 0.1) is 0 Å². The largest absolute Gasteiger partial charge is 0.378 e. The number of amides is 1. The molecule has 7 nitrogen and oxygen atoms in total. The van der Waals surface area contributed by atoms with Gasteiger partial charge in [-0.05, 0) is 42.3 Å². The van der Waals surface area contributed by atoms with E-state index >= 15 is 0 Å². The molecule has 0 aliphatic carbocycles. The molecule has 2 aromatic carbocycles. The molecule has 29 heavy (non-hydrogen) atoms. The molecule has 1 amide bonds. The van der Waals surface area contributed by atoms with Crippen molar-refractivity contribution in [3.05, 3.63) is 77.4 Å². The van der Waals surface area contributed by atoms with Gasteiger partial charge in [-0.3, -0.25) is 9.35 Å². The van der Waals surface area contributed by atoms with E-state index in [1.807, 2.05) is 49.3 Å². The smallest absolute Gasteiger partial charge is 0.294 e. The van der Waals surface area contributed by atoms with Gasteiger partial charge in [-0.1, -0.05) is 42.5 Å². The first-order valence-corrected chi connectivity index (χ1v) is 10.3. The van der Waals surface area contributed by atoms with Crippen molar-refractivity contribution >= 4 is 27.8 Å². The van der Waals surface area contributed by atoms with E-state index in [0.717, 1.165) is 11.3 Å². The molecule has 1 N–H and O–H groups in total. The van der Waals surface area contributed by atoms with Crippen LogP contribution in [0.5, 0.6) is 0 Å². The van der Waals surface area contributed by atoms with Crippen LogP contribution in [0.15, 0.2) is 81.4 Å². The molecule has 0 saturated carbocycles. The van der Waals surface area contributed by atoms with Gasteiger partial charge < -0.3 is 4.90 Å². The summed E-state index contributed by atoms with van der Waals surface area (Å²) in [6.07, 6.45) is 5.30. The molecule has 0 fully saturated rings. The summed E-state index contributed by atoms with van der Waals surface area (Å²) in [5, 5.41) is 7.79. The van der Waals surface area contributed by atoms with Crippen molar-refractivity contribution in [2.24, 2.45) is 10.2 Å². The molecule has 0 bridgehead atoms. The third kappa shape index (κ3) is 4.33. The quantitative estimate of drug-likeness (QED) is 0.595. The second-order valence-corrected chi connectivity index (χ2v) is 8.42. The van der Waals surface area contributed by atoms with E-state index in [2.05, 4.69) is 10.2 Å². The minimum atomic E-state index is -4.29. The zero-order valence-electron chi connectivity index (χ0n) is 16.3. The van der Waals surface area contributed by atoms with Crippen molar-refractivity contribution in [1.29, 1.82) is 0 Å². The van der Waals surface area contributed by atoms with Crippen LogP contribution in [0.4, 0.5) is 5.69 Å². The predicted molar refractivity (Wildman–Crippen MR) is 111 cm³/mol. The highest BCUT2D eigenvalue weighted by molar-refractivity contribution is 7.85. The molecule has 0 aromatic heterocycles. The lowest BCUT2D eigenvalue weighted by atomic mass is 9.85. The number of allylic oxidation sites excluding steroid dienone is 2. The Bertz CT molecular complexity index is 1120. The normalized spacial score (nSPS) is 20.7. The molecular formula is C21H21N3O4S. The lowest BCUT2D eigenvalue weighted by Crippen LogP contribution is -2.21. The maximum Gasteiger partial charge on any atom is 0.294 e. The standard InChI is InChI=1S/C21H21N3O4S/c1-21(16-9-13-18(14-10-16)29(26,27)28)19(20(25)22-23-21)6-4-5-15-7-11-17(12-8-15)24(2)3/h4-14H,1-3H3,(H,26,27,28). The monoisotopic (exact) mass is 411 g/mol. The molecule has 1 atom stereocenters. The number of azo groups is 1. The fourth-order valence-electron chi connectivity index (χ4n) is 3.00. The van der Waals surface area contributed by atoms with E-state index in [1.54, 1.807) is 19.1 Å². The van der Waals surface area contributed by atoms with Crippen LogP contribution in [-0.4, -0.2) is 33.0 Å². The molecule has 0 spiro atoms. The molecule has 1 heterocycles. The lowest BCUT2D eigenvalue weighted by molar-refractivity contribution is -0.114. The number of anilines is 1. The van der Waals surface area contributed by atoms with Gasteiger partial charge in [-0.15, -0.1) is 5.11 Å². The minimum absolute atomic E-state index is 0.224. The van der Waals surface area contributed by atoms with Crippen LogP contribution in [0.2, 0.25) is 0 Å². The first kappa shape index (κ1) is 20.6. The highest BCUT2D eigenvalue weighted by atomic mass is 32.2. The summed E-state index contributed by atoms with van der Waals surface area (Å²) >= 11 is 0. The van der Waals surface area contributed by atoms with Crippen LogP contribution >= 0.6 is 0 Å². The number of hydrogen-bond acceptors (Lipinski definition) is 5. The van der Waals surface area contributed by atoms with Crippen molar-refractivity contribution in [2.45, 2.75) is 17.4 Å². The molecule has 0 saturated heterocycles. The Hall–Kier alpha value is -3.10. The summed E-state index contributed by atoms with van der Waals surface area (Å²) in [5.41, 5.74) is 2.00. The van der Waals surface area contributed by atoms with Gasteiger partial charge >= 0.3 is 0 Å². The third-order valence-corrected chi connectivity index (χ3v) is 5.64. The number of carbonyl (C=O) groups excluding carboxylic acids is 1. The van der Waals surface area contributed by atoms with Crippen LogP contribution in [0.3, 0.4) is 0 Å². The Kier molecular flexibility index (Phi) is 5.50. The molecule has 3 rings (SSSR count). The van der Waals surface area contributed by atoms with Gasteiger partial charge in [0.2, 0.25) is 0 Å². The number of rotatable bonds is 5. The number of carbonyl (C=O) groups is 1. The Balaban J connectivity index is 1.88. The van der Waals surface area contributed by atoms with Crippen LogP contribution in [0.1, 0.15) is 18.1 Å². The lowest BCUT2D eigenvalue weighted by Gasteiger charge is -2.20. The topological polar surface area (TPSA) is 99.4 Å². The summed E-state index contributed by atoms with van der Waals surface area (Å²) in [7, 11) is -0.351. The average Bonchev–Trinajstić information content (AvgIpc) is 2.97. The highest BCUT2D eigenvalue weighted by Gasteiger charge is 2.40. The second kappa shape index (κ2) is 7.73. The van der Waals surface area contributed by atoms with Crippen LogP contribution in [0.25, 0.3) is 6.08 Å². The molecular weight excluding hydrogens is 390 g/mol. The van der Waals surface area contributed by atoms with Crippen LogP contribution < -0.4 is 4.90 Å². The van der Waals surface area contributed by atoms with Gasteiger partial charge in [0.15, 0.2) is 0 Å². The van der Waals surface area contributed by atoms with Gasteiger partial charge in [0.25, 0.3) is 16.0 Å². The Morgan fingerprint density at radius 2 is 1.66 bits per heavy atom. The second-order valence-electron chi connectivity index (χ2n) is 7.00. The maximum atomic E-state index is 12.2. The minimum Gasteiger partial charge on any atom is -0.378 e. The molecule has 1 unspecified atom stereocenters. The fourth-order valence-corrected chi connectivity index (χ4v) is 3.48. The molecule has 8 heteroatoms. The maximum absolute atomic E-state index is 12.2. The summed E-state index contributed by atoms with van der Waals surface area (Å²) in [5.74, 6) is -0.445. The fraction of sp³-hybridized carbons (Fsp3) is 0.190. The van der Waals surface area contributed by atoms with Crippen molar-refractivity contribution < 1.29 is 17.8 Å². The van der Waals surface area contributed by atoms with E-state index in [-0.39, 0.29) is 4.90 Å². The molecule has 1 aliphatic heterocycles. The molecule has 150 valence electrons. The van der Waals surface area contributed by atoms with Crippen molar-refractivity contribution in [3.8, 4) is 0 Å². The van der Waals surface area contributed by atoms with E-state index in [9.17, 15) is 13.2 Å².